The molecule has 0 amide bonds. The molecule has 1 N–H and O–H groups in total. The highest BCUT2D eigenvalue weighted by atomic mass is 127. The number of para-hydroxylation sites is 1. The van der Waals surface area contributed by atoms with Gasteiger partial charge >= 0.3 is 0 Å². The molecule has 0 saturated carbocycles. The van der Waals surface area contributed by atoms with E-state index in [4.69, 9.17) is 4.74 Å². The number of nitrogens with zero attached hydrogens (tertiary/aromatic N) is 1. The van der Waals surface area contributed by atoms with Crippen LogP contribution in [0.2, 0.25) is 0 Å². The van der Waals surface area contributed by atoms with Crippen molar-refractivity contribution < 1.29 is 4.74 Å². The van der Waals surface area contributed by atoms with E-state index in [1.54, 1.807) is 0 Å². The van der Waals surface area contributed by atoms with Crippen molar-refractivity contribution in [2.75, 3.05) is 11.9 Å². The second kappa shape index (κ2) is 5.86. The third kappa shape index (κ3) is 3.33. The highest BCUT2D eigenvalue weighted by Crippen LogP contribution is 2.25. The van der Waals surface area contributed by atoms with Gasteiger partial charge in [0.2, 0.25) is 5.88 Å². The minimum Gasteiger partial charge on any atom is -0.438 e. The molecule has 0 fully saturated rings. The zero-order valence-electron chi connectivity index (χ0n) is 9.48. The van der Waals surface area contributed by atoms with Crippen molar-refractivity contribution in [3.05, 3.63) is 46.0 Å². The van der Waals surface area contributed by atoms with Crippen molar-refractivity contribution in [3.63, 3.8) is 0 Å². The standard InChI is InChI=1S/C13H13IN2O/c1-2-15-12-8-5-9-13(16-12)17-11-7-4-3-6-10(11)14/h3-9H,2H2,1H3,(H,15,16). The lowest BCUT2D eigenvalue weighted by Gasteiger charge is -2.08. The van der Waals surface area contributed by atoms with E-state index in [0.717, 1.165) is 21.7 Å². The van der Waals surface area contributed by atoms with Gasteiger partial charge in [0.25, 0.3) is 0 Å². The normalized spacial score (nSPS) is 10.0. The SMILES string of the molecule is CCNc1cccc(Oc2ccccc2I)n1. The van der Waals surface area contributed by atoms with Gasteiger partial charge in [-0.3, -0.25) is 0 Å². The quantitative estimate of drug-likeness (QED) is 0.857. The molecule has 0 bridgehead atoms. The summed E-state index contributed by atoms with van der Waals surface area (Å²) in [6.07, 6.45) is 0. The number of anilines is 1. The number of nitrogens with one attached hydrogen (secondary N) is 1. The van der Waals surface area contributed by atoms with Crippen LogP contribution in [-0.2, 0) is 0 Å². The van der Waals surface area contributed by atoms with Crippen molar-refractivity contribution in [3.8, 4) is 11.6 Å². The Morgan fingerprint density at radius 3 is 2.76 bits per heavy atom. The maximum Gasteiger partial charge on any atom is 0.221 e. The van der Waals surface area contributed by atoms with Crippen LogP contribution in [0.4, 0.5) is 5.82 Å². The first-order valence-electron chi connectivity index (χ1n) is 5.43. The summed E-state index contributed by atoms with van der Waals surface area (Å²) in [4.78, 5) is 4.36. The van der Waals surface area contributed by atoms with Gasteiger partial charge in [0.05, 0.1) is 3.57 Å². The van der Waals surface area contributed by atoms with Crippen LogP contribution in [0.5, 0.6) is 11.6 Å². The Labute approximate surface area is 114 Å². The van der Waals surface area contributed by atoms with Crippen LogP contribution in [0.3, 0.4) is 0 Å². The lowest BCUT2D eigenvalue weighted by Crippen LogP contribution is -1.99. The Bertz CT molecular complexity index is 502. The molecule has 3 nitrogen and oxygen atoms in total. The topological polar surface area (TPSA) is 34.1 Å². The molecule has 0 aliphatic rings. The van der Waals surface area contributed by atoms with E-state index in [9.17, 15) is 0 Å². The molecule has 0 aliphatic heterocycles. The Morgan fingerprint density at radius 2 is 2.00 bits per heavy atom. The van der Waals surface area contributed by atoms with Crippen LogP contribution in [-0.4, -0.2) is 11.5 Å². The summed E-state index contributed by atoms with van der Waals surface area (Å²) < 4.78 is 6.81. The van der Waals surface area contributed by atoms with Gasteiger partial charge in [-0.1, -0.05) is 18.2 Å². The first-order chi connectivity index (χ1) is 8.29. The summed E-state index contributed by atoms with van der Waals surface area (Å²) in [7, 11) is 0. The summed E-state index contributed by atoms with van der Waals surface area (Å²) in [6, 6.07) is 13.6. The Hall–Kier alpha value is -1.30. The maximum absolute atomic E-state index is 5.74. The van der Waals surface area contributed by atoms with Crippen molar-refractivity contribution in [1.82, 2.24) is 4.98 Å². The number of benzene rings is 1. The minimum atomic E-state index is 0.604. The van der Waals surface area contributed by atoms with E-state index in [1.807, 2.05) is 49.4 Å². The Morgan fingerprint density at radius 1 is 1.18 bits per heavy atom. The Balaban J connectivity index is 2.18. The summed E-state index contributed by atoms with van der Waals surface area (Å²) in [5, 5.41) is 3.16. The van der Waals surface area contributed by atoms with Gasteiger partial charge in [-0.15, -0.1) is 0 Å². The van der Waals surface area contributed by atoms with E-state index < -0.39 is 0 Å². The fourth-order valence-corrected chi connectivity index (χ4v) is 1.89. The predicted molar refractivity (Wildman–Crippen MR) is 77.6 cm³/mol. The highest BCUT2D eigenvalue weighted by Gasteiger charge is 2.03. The molecule has 1 heterocycles. The van der Waals surface area contributed by atoms with E-state index >= 15 is 0 Å². The van der Waals surface area contributed by atoms with Crippen LogP contribution in [0.25, 0.3) is 0 Å². The smallest absolute Gasteiger partial charge is 0.221 e. The van der Waals surface area contributed by atoms with Gasteiger partial charge in [-0.25, -0.2) is 0 Å². The van der Waals surface area contributed by atoms with E-state index in [0.29, 0.717) is 5.88 Å². The van der Waals surface area contributed by atoms with Gasteiger partial charge in [-0.05, 0) is 47.7 Å². The number of hydrogen-bond acceptors (Lipinski definition) is 3. The van der Waals surface area contributed by atoms with Gasteiger partial charge in [0.1, 0.15) is 11.6 Å². The van der Waals surface area contributed by atoms with Crippen LogP contribution < -0.4 is 10.1 Å². The van der Waals surface area contributed by atoms with Crippen molar-refractivity contribution in [1.29, 1.82) is 0 Å². The fourth-order valence-electron chi connectivity index (χ4n) is 1.39. The first kappa shape index (κ1) is 12.2. The molecule has 0 radical (unpaired) electrons. The summed E-state index contributed by atoms with van der Waals surface area (Å²) in [6.45, 7) is 2.88. The number of aromatic nitrogens is 1. The van der Waals surface area contributed by atoms with E-state index in [-0.39, 0.29) is 0 Å². The highest BCUT2D eigenvalue weighted by molar-refractivity contribution is 14.1. The molecular weight excluding hydrogens is 327 g/mol. The summed E-state index contributed by atoms with van der Waals surface area (Å²) in [5.74, 6) is 2.26. The minimum absolute atomic E-state index is 0.604. The second-order valence-electron chi connectivity index (χ2n) is 3.42. The van der Waals surface area contributed by atoms with Gasteiger partial charge in [0, 0.05) is 12.6 Å². The molecule has 1 aromatic heterocycles. The molecule has 4 heteroatoms. The first-order valence-corrected chi connectivity index (χ1v) is 6.51. The van der Waals surface area contributed by atoms with Crippen LogP contribution in [0.15, 0.2) is 42.5 Å². The van der Waals surface area contributed by atoms with Gasteiger partial charge in [0.15, 0.2) is 0 Å². The van der Waals surface area contributed by atoms with Crippen molar-refractivity contribution in [2.45, 2.75) is 6.92 Å². The molecule has 0 atom stereocenters. The molecule has 0 saturated heterocycles. The van der Waals surface area contributed by atoms with E-state index in [1.165, 1.54) is 0 Å². The van der Waals surface area contributed by atoms with E-state index in [2.05, 4.69) is 32.9 Å². The lowest BCUT2D eigenvalue weighted by molar-refractivity contribution is 0.460. The van der Waals surface area contributed by atoms with Gasteiger partial charge in [-0.2, -0.15) is 4.98 Å². The number of halogens is 1. The van der Waals surface area contributed by atoms with Gasteiger partial charge < -0.3 is 10.1 Å². The van der Waals surface area contributed by atoms with Crippen LogP contribution >= 0.6 is 22.6 Å². The number of hydrogen-bond donors (Lipinski definition) is 1. The molecule has 0 unspecified atom stereocenters. The number of rotatable bonds is 4. The molecule has 2 rings (SSSR count). The van der Waals surface area contributed by atoms with Crippen molar-refractivity contribution in [2.24, 2.45) is 0 Å². The average molecular weight is 340 g/mol. The molecule has 2 aromatic rings. The lowest BCUT2D eigenvalue weighted by atomic mass is 10.3. The molecule has 0 aliphatic carbocycles. The average Bonchev–Trinajstić information content (AvgIpc) is 2.33. The zero-order chi connectivity index (χ0) is 12.1. The molecule has 88 valence electrons. The molecular formula is C13H13IN2O. The maximum atomic E-state index is 5.74. The summed E-state index contributed by atoms with van der Waals surface area (Å²) in [5.41, 5.74) is 0. The largest absolute Gasteiger partial charge is 0.438 e. The van der Waals surface area contributed by atoms with Crippen LogP contribution in [0.1, 0.15) is 6.92 Å². The third-order valence-electron chi connectivity index (χ3n) is 2.13. The zero-order valence-corrected chi connectivity index (χ0v) is 11.6. The number of pyridine rings is 1. The summed E-state index contributed by atoms with van der Waals surface area (Å²) >= 11 is 2.24. The fraction of sp³-hybridized carbons (Fsp3) is 0.154. The van der Waals surface area contributed by atoms with Crippen molar-refractivity contribution >= 4 is 28.4 Å². The molecule has 17 heavy (non-hydrogen) atoms. The van der Waals surface area contributed by atoms with Crippen LogP contribution in [0, 0.1) is 3.57 Å². The molecule has 0 spiro atoms. The third-order valence-corrected chi connectivity index (χ3v) is 3.02. The predicted octanol–water partition coefficient (Wildman–Crippen LogP) is 3.91. The Kier molecular flexibility index (Phi) is 4.19. The monoisotopic (exact) mass is 340 g/mol. The second-order valence-corrected chi connectivity index (χ2v) is 4.59. The molecule has 1 aromatic carbocycles. The number of ether oxygens (including phenoxy) is 1.